The van der Waals surface area contributed by atoms with E-state index in [4.69, 9.17) is 0 Å². The summed E-state index contributed by atoms with van der Waals surface area (Å²) < 4.78 is 0. The van der Waals surface area contributed by atoms with E-state index in [0.29, 0.717) is 29.0 Å². The molecule has 2 nitrogen and oxygen atoms in total. The smallest absolute Gasteiger partial charge is 0.0276 e. The molecule has 2 N–H and O–H groups in total. The Kier molecular flexibility index (Phi) is 2.44. The van der Waals surface area contributed by atoms with Crippen LogP contribution in [0.4, 0.5) is 0 Å². The average molecular weight is 210 g/mol. The van der Waals surface area contributed by atoms with Crippen molar-refractivity contribution in [2.24, 2.45) is 16.7 Å². The molecule has 2 heteroatoms. The summed E-state index contributed by atoms with van der Waals surface area (Å²) in [6.45, 7) is 15.3. The molecule has 2 rings (SSSR count). The van der Waals surface area contributed by atoms with Crippen LogP contribution in [0.15, 0.2) is 0 Å². The second-order valence-electron chi connectivity index (χ2n) is 7.44. The van der Waals surface area contributed by atoms with Crippen molar-refractivity contribution >= 4 is 0 Å². The van der Waals surface area contributed by atoms with E-state index in [2.05, 4.69) is 52.2 Å². The molecule has 0 radical (unpaired) electrons. The first kappa shape index (κ1) is 11.4. The van der Waals surface area contributed by atoms with Gasteiger partial charge >= 0.3 is 0 Å². The van der Waals surface area contributed by atoms with Gasteiger partial charge in [0.05, 0.1) is 0 Å². The van der Waals surface area contributed by atoms with E-state index in [1.807, 2.05) is 0 Å². The molecule has 0 aromatic rings. The highest BCUT2D eigenvalue weighted by Crippen LogP contribution is 2.43. The summed E-state index contributed by atoms with van der Waals surface area (Å²) in [5, 5.41) is 7.53. The molecule has 88 valence electrons. The molecule has 15 heavy (non-hydrogen) atoms. The molecule has 0 saturated carbocycles. The summed E-state index contributed by atoms with van der Waals surface area (Å²) in [4.78, 5) is 0. The lowest BCUT2D eigenvalue weighted by molar-refractivity contribution is 0.197. The molecule has 2 unspecified atom stereocenters. The van der Waals surface area contributed by atoms with Crippen LogP contribution in [0.1, 0.15) is 41.5 Å². The fraction of sp³-hybridized carbons (Fsp3) is 1.00. The average Bonchev–Trinajstić information content (AvgIpc) is 2.55. The van der Waals surface area contributed by atoms with Gasteiger partial charge in [0.2, 0.25) is 0 Å². The Labute approximate surface area is 94.2 Å². The molecule has 4 atom stereocenters. The maximum absolute atomic E-state index is 3.82. The lowest BCUT2D eigenvalue weighted by atomic mass is 9.72. The van der Waals surface area contributed by atoms with Gasteiger partial charge in [-0.3, -0.25) is 0 Å². The monoisotopic (exact) mass is 210 g/mol. The Bertz CT molecular complexity index is 246. The Morgan fingerprint density at radius 3 is 1.87 bits per heavy atom. The molecule has 2 saturated heterocycles. The zero-order valence-corrected chi connectivity index (χ0v) is 11.0. The molecule has 2 fully saturated rings. The third-order valence-electron chi connectivity index (χ3n) is 4.08. The number of fused-ring (bicyclic) bond motifs is 2. The summed E-state index contributed by atoms with van der Waals surface area (Å²) in [5.41, 5.74) is 0.766. The maximum atomic E-state index is 3.82. The Morgan fingerprint density at radius 1 is 0.933 bits per heavy atom. The van der Waals surface area contributed by atoms with Crippen LogP contribution >= 0.6 is 0 Å². The summed E-state index contributed by atoms with van der Waals surface area (Å²) >= 11 is 0. The molecule has 2 heterocycles. The fourth-order valence-corrected chi connectivity index (χ4v) is 3.52. The second-order valence-corrected chi connectivity index (χ2v) is 7.44. The van der Waals surface area contributed by atoms with Crippen molar-refractivity contribution in [3.63, 3.8) is 0 Å². The first-order valence-electron chi connectivity index (χ1n) is 6.21. The first-order valence-corrected chi connectivity index (χ1v) is 6.21. The van der Waals surface area contributed by atoms with Crippen LogP contribution in [-0.4, -0.2) is 24.7 Å². The highest BCUT2D eigenvalue weighted by atomic mass is 15.2. The van der Waals surface area contributed by atoms with Crippen molar-refractivity contribution in [2.75, 3.05) is 6.54 Å². The van der Waals surface area contributed by atoms with Crippen molar-refractivity contribution in [1.29, 1.82) is 0 Å². The maximum Gasteiger partial charge on any atom is 0.0276 e. The summed E-state index contributed by atoms with van der Waals surface area (Å²) in [5.74, 6) is 0.779. The summed E-state index contributed by atoms with van der Waals surface area (Å²) in [6.07, 6.45) is 0. The number of nitrogens with one attached hydrogen (secondary N) is 2. The normalized spacial score (nSPS) is 41.2. The molecular weight excluding hydrogens is 184 g/mol. The van der Waals surface area contributed by atoms with Gasteiger partial charge in [-0.25, -0.2) is 0 Å². The zero-order valence-electron chi connectivity index (χ0n) is 11.0. The largest absolute Gasteiger partial charge is 0.310 e. The van der Waals surface area contributed by atoms with E-state index < -0.39 is 0 Å². The van der Waals surface area contributed by atoms with Gasteiger partial charge in [-0.2, -0.15) is 0 Å². The minimum absolute atomic E-state index is 0.357. The van der Waals surface area contributed by atoms with Crippen LogP contribution in [0.25, 0.3) is 0 Å². The molecule has 0 aliphatic carbocycles. The van der Waals surface area contributed by atoms with Crippen LogP contribution in [0, 0.1) is 16.7 Å². The molecule has 0 aromatic carbocycles. The van der Waals surface area contributed by atoms with E-state index in [1.54, 1.807) is 0 Å². The third-order valence-corrected chi connectivity index (χ3v) is 4.08. The van der Waals surface area contributed by atoms with E-state index in [9.17, 15) is 0 Å². The van der Waals surface area contributed by atoms with Gasteiger partial charge in [0, 0.05) is 24.7 Å². The first-order chi connectivity index (χ1) is 6.71. The van der Waals surface area contributed by atoms with E-state index in [-0.39, 0.29) is 0 Å². The van der Waals surface area contributed by atoms with Crippen molar-refractivity contribution in [3.05, 3.63) is 0 Å². The lowest BCUT2D eigenvalue weighted by Gasteiger charge is -2.36. The second kappa shape index (κ2) is 3.21. The van der Waals surface area contributed by atoms with Gasteiger partial charge in [-0.15, -0.1) is 0 Å². The number of piperazine rings is 1. The molecular formula is C13H26N2. The van der Waals surface area contributed by atoms with Crippen LogP contribution < -0.4 is 10.6 Å². The number of rotatable bonds is 0. The van der Waals surface area contributed by atoms with Crippen LogP contribution in [0.2, 0.25) is 0 Å². The van der Waals surface area contributed by atoms with Crippen LogP contribution in [0.3, 0.4) is 0 Å². The van der Waals surface area contributed by atoms with Crippen molar-refractivity contribution in [2.45, 2.75) is 59.7 Å². The lowest BCUT2D eigenvalue weighted by Crippen LogP contribution is -2.54. The molecule has 0 spiro atoms. The topological polar surface area (TPSA) is 24.1 Å². The summed E-state index contributed by atoms with van der Waals surface area (Å²) in [6, 6.07) is 1.97. The predicted octanol–water partition coefficient (Wildman–Crippen LogP) is 2.01. The predicted molar refractivity (Wildman–Crippen MR) is 64.9 cm³/mol. The highest BCUT2D eigenvalue weighted by molar-refractivity contribution is 5.13. The number of hydrogen-bond donors (Lipinski definition) is 2. The van der Waals surface area contributed by atoms with Crippen molar-refractivity contribution in [3.8, 4) is 0 Å². The minimum atomic E-state index is 0.357. The molecule has 2 aliphatic heterocycles. The van der Waals surface area contributed by atoms with Gasteiger partial charge < -0.3 is 10.6 Å². The van der Waals surface area contributed by atoms with Gasteiger partial charge in [0.1, 0.15) is 0 Å². The standard InChI is InChI=1S/C13H26N2/c1-12(2,3)9-8-7-14-10(9)11(15-8)13(4,5)6/h8-11,14-15H,7H2,1-6H3/t8-,9?,10+,11?/m1/s1. The SMILES string of the molecule is CC(C)(C)C1N[C@@H]2CN[C@H]1C2C(C)(C)C. The van der Waals surface area contributed by atoms with E-state index in [1.165, 1.54) is 0 Å². The van der Waals surface area contributed by atoms with Crippen molar-refractivity contribution < 1.29 is 0 Å². The Morgan fingerprint density at radius 2 is 1.53 bits per heavy atom. The Balaban J connectivity index is 2.20. The third kappa shape index (κ3) is 1.83. The molecule has 2 aliphatic rings. The Hall–Kier alpha value is -0.0800. The van der Waals surface area contributed by atoms with Gasteiger partial charge in [-0.05, 0) is 16.7 Å². The van der Waals surface area contributed by atoms with Gasteiger partial charge in [0.15, 0.2) is 0 Å². The molecule has 2 bridgehead atoms. The zero-order chi connectivity index (χ0) is 11.4. The molecule has 0 amide bonds. The van der Waals surface area contributed by atoms with E-state index >= 15 is 0 Å². The van der Waals surface area contributed by atoms with Gasteiger partial charge in [-0.1, -0.05) is 41.5 Å². The fourth-order valence-electron chi connectivity index (χ4n) is 3.52. The van der Waals surface area contributed by atoms with Crippen LogP contribution in [-0.2, 0) is 0 Å². The number of hydrogen-bond acceptors (Lipinski definition) is 2. The highest BCUT2D eigenvalue weighted by Gasteiger charge is 2.54. The summed E-state index contributed by atoms with van der Waals surface area (Å²) in [7, 11) is 0. The minimum Gasteiger partial charge on any atom is -0.310 e. The molecule has 0 aromatic heterocycles. The van der Waals surface area contributed by atoms with Crippen LogP contribution in [0.5, 0.6) is 0 Å². The van der Waals surface area contributed by atoms with E-state index in [0.717, 1.165) is 12.5 Å². The quantitative estimate of drug-likeness (QED) is 0.639. The van der Waals surface area contributed by atoms with Gasteiger partial charge in [0.25, 0.3) is 0 Å². The van der Waals surface area contributed by atoms with Crippen molar-refractivity contribution in [1.82, 2.24) is 10.6 Å².